The lowest BCUT2D eigenvalue weighted by atomic mass is 10.1. The second-order valence-corrected chi connectivity index (χ2v) is 6.90. The number of thioether (sulfide) groups is 1. The van der Waals surface area contributed by atoms with Crippen LogP contribution in [0.25, 0.3) is 11.3 Å². The summed E-state index contributed by atoms with van der Waals surface area (Å²) in [7, 11) is 0. The Morgan fingerprint density at radius 1 is 1.28 bits per heavy atom. The number of carbonyl (C=O) groups excluding carboxylic acids is 1. The molecule has 0 saturated carbocycles. The SMILES string of the molecule is CCCCSc1nnc2c(n1)OC(CC)N(C(C)=O)c1ccccc1-2. The lowest BCUT2D eigenvalue weighted by Gasteiger charge is -2.28. The molecule has 2 aromatic rings. The van der Waals surface area contributed by atoms with Gasteiger partial charge in [0.05, 0.1) is 5.69 Å². The summed E-state index contributed by atoms with van der Waals surface area (Å²) in [5.41, 5.74) is 2.18. The number of benzene rings is 1. The second-order valence-electron chi connectivity index (χ2n) is 5.84. The standard InChI is InChI=1S/C18H22N4O2S/c1-4-6-11-25-18-19-17-16(20-21-18)13-9-7-8-10-14(13)22(12(3)23)15(5-2)24-17/h7-10,15H,4-6,11H2,1-3H3. The molecule has 1 aliphatic rings. The zero-order valence-corrected chi connectivity index (χ0v) is 15.5. The average Bonchev–Trinajstić information content (AvgIpc) is 2.75. The normalized spacial score (nSPS) is 15.8. The summed E-state index contributed by atoms with van der Waals surface area (Å²) in [6, 6.07) is 7.65. The van der Waals surface area contributed by atoms with E-state index in [9.17, 15) is 4.79 Å². The fraction of sp³-hybridized carbons (Fsp3) is 0.444. The molecule has 7 heteroatoms. The smallest absolute Gasteiger partial charge is 0.247 e. The van der Waals surface area contributed by atoms with Crippen molar-refractivity contribution >= 4 is 23.4 Å². The molecule has 1 aromatic heterocycles. The van der Waals surface area contributed by atoms with Crippen LogP contribution in [0.5, 0.6) is 5.88 Å². The number of fused-ring (bicyclic) bond motifs is 3. The van der Waals surface area contributed by atoms with Gasteiger partial charge in [-0.25, -0.2) is 0 Å². The highest BCUT2D eigenvalue weighted by atomic mass is 32.2. The number of aromatic nitrogens is 3. The number of rotatable bonds is 5. The molecule has 0 fully saturated rings. The quantitative estimate of drug-likeness (QED) is 0.596. The Kier molecular flexibility index (Phi) is 5.53. The third kappa shape index (κ3) is 3.61. The number of carbonyl (C=O) groups is 1. The highest BCUT2D eigenvalue weighted by Crippen LogP contribution is 2.39. The van der Waals surface area contributed by atoms with E-state index >= 15 is 0 Å². The first-order chi connectivity index (χ1) is 12.2. The molecule has 1 atom stereocenters. The molecule has 1 aliphatic heterocycles. The van der Waals surface area contributed by atoms with Crippen molar-refractivity contribution in [1.29, 1.82) is 0 Å². The molecule has 25 heavy (non-hydrogen) atoms. The Balaban J connectivity index is 2.06. The van der Waals surface area contributed by atoms with Gasteiger partial charge in [0.1, 0.15) is 0 Å². The monoisotopic (exact) mass is 358 g/mol. The van der Waals surface area contributed by atoms with Crippen molar-refractivity contribution in [1.82, 2.24) is 15.2 Å². The van der Waals surface area contributed by atoms with Crippen LogP contribution in [-0.2, 0) is 4.79 Å². The van der Waals surface area contributed by atoms with Gasteiger partial charge in [0, 0.05) is 24.7 Å². The third-order valence-corrected chi connectivity index (χ3v) is 4.93. The number of amides is 1. The first-order valence-corrected chi connectivity index (χ1v) is 9.57. The van der Waals surface area contributed by atoms with Crippen molar-refractivity contribution in [2.75, 3.05) is 10.7 Å². The number of nitrogens with zero attached hydrogens (tertiary/aromatic N) is 4. The van der Waals surface area contributed by atoms with Gasteiger partial charge in [-0.15, -0.1) is 10.2 Å². The van der Waals surface area contributed by atoms with E-state index < -0.39 is 6.23 Å². The van der Waals surface area contributed by atoms with Crippen LogP contribution in [0.4, 0.5) is 5.69 Å². The molecule has 0 saturated heterocycles. The van der Waals surface area contributed by atoms with Crippen LogP contribution in [-0.4, -0.2) is 33.1 Å². The average molecular weight is 358 g/mol. The van der Waals surface area contributed by atoms with Gasteiger partial charge in [-0.1, -0.05) is 50.2 Å². The van der Waals surface area contributed by atoms with E-state index in [0.29, 0.717) is 23.2 Å². The molecule has 1 amide bonds. The molecule has 0 aliphatic carbocycles. The summed E-state index contributed by atoms with van der Waals surface area (Å²) in [4.78, 5) is 18.5. The van der Waals surface area contributed by atoms with E-state index in [4.69, 9.17) is 4.74 Å². The zero-order valence-electron chi connectivity index (χ0n) is 14.7. The molecule has 132 valence electrons. The van der Waals surface area contributed by atoms with E-state index in [1.807, 2.05) is 31.2 Å². The Morgan fingerprint density at radius 2 is 2.08 bits per heavy atom. The molecule has 2 heterocycles. The van der Waals surface area contributed by atoms with E-state index in [0.717, 1.165) is 29.8 Å². The molecule has 3 rings (SSSR count). The van der Waals surface area contributed by atoms with Crippen molar-refractivity contribution in [3.8, 4) is 17.1 Å². The first-order valence-electron chi connectivity index (χ1n) is 8.59. The minimum atomic E-state index is -0.412. The number of hydrogen-bond donors (Lipinski definition) is 0. The van der Waals surface area contributed by atoms with Gasteiger partial charge < -0.3 is 4.74 Å². The van der Waals surface area contributed by atoms with Crippen molar-refractivity contribution in [2.45, 2.75) is 51.4 Å². The van der Waals surface area contributed by atoms with E-state index in [1.165, 1.54) is 0 Å². The Hall–Kier alpha value is -2.15. The Bertz CT molecular complexity index is 768. The van der Waals surface area contributed by atoms with Crippen molar-refractivity contribution in [3.05, 3.63) is 24.3 Å². The van der Waals surface area contributed by atoms with E-state index in [1.54, 1.807) is 23.6 Å². The summed E-state index contributed by atoms with van der Waals surface area (Å²) in [5, 5.41) is 9.22. The highest BCUT2D eigenvalue weighted by molar-refractivity contribution is 7.99. The predicted octanol–water partition coefficient (Wildman–Crippen LogP) is 3.91. The van der Waals surface area contributed by atoms with Gasteiger partial charge in [-0.2, -0.15) is 4.98 Å². The minimum Gasteiger partial charge on any atom is -0.451 e. The van der Waals surface area contributed by atoms with Crippen molar-refractivity contribution in [3.63, 3.8) is 0 Å². The molecule has 0 N–H and O–H groups in total. The van der Waals surface area contributed by atoms with Gasteiger partial charge in [0.2, 0.25) is 16.9 Å². The third-order valence-electron chi connectivity index (χ3n) is 4.01. The zero-order chi connectivity index (χ0) is 17.8. The Morgan fingerprint density at radius 3 is 2.80 bits per heavy atom. The molecule has 0 radical (unpaired) electrons. The van der Waals surface area contributed by atoms with Crippen LogP contribution < -0.4 is 9.64 Å². The molecule has 0 bridgehead atoms. The van der Waals surface area contributed by atoms with Crippen LogP contribution in [0.15, 0.2) is 29.4 Å². The van der Waals surface area contributed by atoms with Crippen molar-refractivity contribution in [2.24, 2.45) is 0 Å². The lowest BCUT2D eigenvalue weighted by Crippen LogP contribution is -2.42. The molecule has 1 unspecified atom stereocenters. The highest BCUT2D eigenvalue weighted by Gasteiger charge is 2.32. The Labute approximate surface area is 152 Å². The lowest BCUT2D eigenvalue weighted by molar-refractivity contribution is -0.118. The van der Waals surface area contributed by atoms with Gasteiger partial charge in [0.15, 0.2) is 11.9 Å². The van der Waals surface area contributed by atoms with Crippen LogP contribution in [0.1, 0.15) is 40.0 Å². The maximum Gasteiger partial charge on any atom is 0.247 e. The van der Waals surface area contributed by atoms with Crippen LogP contribution in [0.3, 0.4) is 0 Å². The summed E-state index contributed by atoms with van der Waals surface area (Å²) in [6.07, 6.45) is 2.46. The topological polar surface area (TPSA) is 68.2 Å². The largest absolute Gasteiger partial charge is 0.451 e. The van der Waals surface area contributed by atoms with Crippen LogP contribution in [0, 0.1) is 0 Å². The summed E-state index contributed by atoms with van der Waals surface area (Å²) in [6.45, 7) is 5.68. The van der Waals surface area contributed by atoms with Crippen LogP contribution in [0.2, 0.25) is 0 Å². The predicted molar refractivity (Wildman–Crippen MR) is 98.8 cm³/mol. The van der Waals surface area contributed by atoms with Gasteiger partial charge in [0.25, 0.3) is 0 Å². The molecular weight excluding hydrogens is 336 g/mol. The van der Waals surface area contributed by atoms with Gasteiger partial charge in [-0.05, 0) is 12.5 Å². The first kappa shape index (κ1) is 17.7. The maximum atomic E-state index is 12.3. The minimum absolute atomic E-state index is 0.0717. The van der Waals surface area contributed by atoms with E-state index in [-0.39, 0.29) is 5.91 Å². The maximum absolute atomic E-state index is 12.3. The molecule has 1 aromatic carbocycles. The fourth-order valence-electron chi connectivity index (χ4n) is 2.78. The second kappa shape index (κ2) is 7.82. The number of ether oxygens (including phenoxy) is 1. The summed E-state index contributed by atoms with van der Waals surface area (Å²) < 4.78 is 6.09. The molecule has 6 nitrogen and oxygen atoms in total. The van der Waals surface area contributed by atoms with Crippen LogP contribution >= 0.6 is 11.8 Å². The number of para-hydroxylation sites is 1. The summed E-state index contributed by atoms with van der Waals surface area (Å²) >= 11 is 1.58. The van der Waals surface area contributed by atoms with Crippen molar-refractivity contribution < 1.29 is 9.53 Å². The fourth-order valence-corrected chi connectivity index (χ4v) is 3.64. The molecular formula is C18H22N4O2S. The number of hydrogen-bond acceptors (Lipinski definition) is 6. The van der Waals surface area contributed by atoms with Gasteiger partial charge >= 0.3 is 0 Å². The number of unbranched alkanes of at least 4 members (excludes halogenated alkanes) is 1. The van der Waals surface area contributed by atoms with Gasteiger partial charge in [-0.3, -0.25) is 9.69 Å². The summed E-state index contributed by atoms with van der Waals surface area (Å²) in [5.74, 6) is 1.32. The van der Waals surface area contributed by atoms with E-state index in [2.05, 4.69) is 22.1 Å². The number of anilines is 1. The molecule has 0 spiro atoms.